The van der Waals surface area contributed by atoms with Crippen molar-refractivity contribution in [3.63, 3.8) is 0 Å². The van der Waals surface area contributed by atoms with Crippen LogP contribution in [0.4, 0.5) is 0 Å². The number of nitrogens with zero attached hydrogens (tertiary/aromatic N) is 2. The van der Waals surface area contributed by atoms with Gasteiger partial charge in [0.15, 0.2) is 0 Å². The lowest BCUT2D eigenvalue weighted by molar-refractivity contribution is -0.140. The van der Waals surface area contributed by atoms with E-state index in [9.17, 15) is 9.59 Å². The van der Waals surface area contributed by atoms with Crippen LogP contribution in [-0.2, 0) is 22.6 Å². The Bertz CT molecular complexity index is 672. The highest BCUT2D eigenvalue weighted by molar-refractivity contribution is 5.92. The Labute approximate surface area is 150 Å². The summed E-state index contributed by atoms with van der Waals surface area (Å²) in [6, 6.07) is 8.76. The van der Waals surface area contributed by atoms with Crippen LogP contribution >= 0.6 is 0 Å². The van der Waals surface area contributed by atoms with Gasteiger partial charge in [0.25, 0.3) is 0 Å². The summed E-state index contributed by atoms with van der Waals surface area (Å²) in [6.45, 7) is 4.53. The van der Waals surface area contributed by atoms with E-state index in [1.165, 1.54) is 17.5 Å². The molecule has 2 fully saturated rings. The predicted octanol–water partition coefficient (Wildman–Crippen LogP) is 3.00. The van der Waals surface area contributed by atoms with Gasteiger partial charge < -0.3 is 9.80 Å². The van der Waals surface area contributed by atoms with Crippen LogP contribution in [-0.4, -0.2) is 40.7 Å². The molecule has 4 rings (SSSR count). The zero-order valence-electron chi connectivity index (χ0n) is 15.1. The topological polar surface area (TPSA) is 40.6 Å². The molecule has 0 spiro atoms. The number of fused-ring (bicyclic) bond motifs is 1. The number of likely N-dealkylation sites (tertiary alicyclic amines) is 1. The van der Waals surface area contributed by atoms with E-state index in [2.05, 4.69) is 30.0 Å². The normalized spacial score (nSPS) is 28.4. The van der Waals surface area contributed by atoms with Crippen LogP contribution in [0.3, 0.4) is 0 Å². The van der Waals surface area contributed by atoms with Crippen LogP contribution in [0.25, 0.3) is 0 Å². The summed E-state index contributed by atoms with van der Waals surface area (Å²) >= 11 is 0. The lowest BCUT2D eigenvalue weighted by Crippen LogP contribution is -2.45. The summed E-state index contributed by atoms with van der Waals surface area (Å²) < 4.78 is 0. The zero-order chi connectivity index (χ0) is 17.4. The molecule has 0 radical (unpaired) electrons. The van der Waals surface area contributed by atoms with Crippen molar-refractivity contribution in [1.82, 2.24) is 9.80 Å². The second-order valence-corrected chi connectivity index (χ2v) is 7.82. The van der Waals surface area contributed by atoms with Crippen molar-refractivity contribution in [2.75, 3.05) is 13.1 Å². The Morgan fingerprint density at radius 1 is 1.04 bits per heavy atom. The molecule has 1 aromatic rings. The molecule has 25 heavy (non-hydrogen) atoms. The molecule has 0 N–H and O–H groups in total. The van der Waals surface area contributed by atoms with Gasteiger partial charge in [0.1, 0.15) is 0 Å². The van der Waals surface area contributed by atoms with Crippen LogP contribution in [0.15, 0.2) is 24.3 Å². The molecule has 1 saturated carbocycles. The van der Waals surface area contributed by atoms with E-state index in [0.29, 0.717) is 12.6 Å². The van der Waals surface area contributed by atoms with E-state index in [1.807, 2.05) is 11.0 Å². The highest BCUT2D eigenvalue weighted by atomic mass is 16.2. The van der Waals surface area contributed by atoms with Gasteiger partial charge in [-0.2, -0.15) is 0 Å². The number of benzene rings is 1. The predicted molar refractivity (Wildman–Crippen MR) is 96.8 cm³/mol. The maximum atomic E-state index is 12.9. The van der Waals surface area contributed by atoms with Crippen molar-refractivity contribution in [3.05, 3.63) is 35.4 Å². The van der Waals surface area contributed by atoms with Crippen LogP contribution in [0, 0.1) is 11.8 Å². The van der Waals surface area contributed by atoms with Crippen molar-refractivity contribution in [1.29, 1.82) is 0 Å². The molecule has 0 aromatic heterocycles. The largest absolute Gasteiger partial charge is 0.339 e. The fraction of sp³-hybridized carbons (Fsp3) is 0.619. The summed E-state index contributed by atoms with van der Waals surface area (Å²) in [7, 11) is 0. The van der Waals surface area contributed by atoms with E-state index >= 15 is 0 Å². The molecule has 3 atom stereocenters. The lowest BCUT2D eigenvalue weighted by atomic mass is 9.98. The highest BCUT2D eigenvalue weighted by Gasteiger charge is 2.51. The monoisotopic (exact) mass is 340 g/mol. The Morgan fingerprint density at radius 2 is 1.80 bits per heavy atom. The third-order valence-electron chi connectivity index (χ3n) is 6.25. The van der Waals surface area contributed by atoms with Crippen molar-refractivity contribution < 1.29 is 9.59 Å². The molecule has 2 aliphatic heterocycles. The molecule has 3 aliphatic rings. The van der Waals surface area contributed by atoms with E-state index < -0.39 is 0 Å². The SMILES string of the molecule is CCC1CCCCN1C(=O)C1CC1C(=O)N1CCc2ccccc2C1. The van der Waals surface area contributed by atoms with Crippen LogP contribution < -0.4 is 0 Å². The van der Waals surface area contributed by atoms with Gasteiger partial charge in [-0.15, -0.1) is 0 Å². The Morgan fingerprint density at radius 3 is 2.60 bits per heavy atom. The van der Waals surface area contributed by atoms with Crippen LogP contribution in [0.1, 0.15) is 50.2 Å². The van der Waals surface area contributed by atoms with Crippen LogP contribution in [0.2, 0.25) is 0 Å². The maximum absolute atomic E-state index is 12.9. The van der Waals surface area contributed by atoms with Crippen LogP contribution in [0.5, 0.6) is 0 Å². The molecular weight excluding hydrogens is 312 g/mol. The van der Waals surface area contributed by atoms with Crippen molar-refractivity contribution >= 4 is 11.8 Å². The first kappa shape index (κ1) is 16.6. The molecule has 1 saturated heterocycles. The van der Waals surface area contributed by atoms with E-state index in [0.717, 1.165) is 45.2 Å². The van der Waals surface area contributed by atoms with Crippen molar-refractivity contribution in [2.45, 2.75) is 58.0 Å². The quantitative estimate of drug-likeness (QED) is 0.849. The fourth-order valence-electron chi connectivity index (χ4n) is 4.59. The molecular formula is C21H28N2O2. The molecule has 0 bridgehead atoms. The standard InChI is InChI=1S/C21H28N2O2/c1-2-17-9-5-6-11-23(17)21(25)19-13-18(19)20(24)22-12-10-15-7-3-4-8-16(15)14-22/h3-4,7-8,17-19H,2,5-6,9-14H2,1H3. The number of piperidine rings is 1. The van der Waals surface area contributed by atoms with Gasteiger partial charge in [0, 0.05) is 25.7 Å². The smallest absolute Gasteiger partial charge is 0.226 e. The average Bonchev–Trinajstić information content (AvgIpc) is 3.47. The molecule has 2 amide bonds. The van der Waals surface area contributed by atoms with Gasteiger partial charge in [-0.3, -0.25) is 9.59 Å². The second-order valence-electron chi connectivity index (χ2n) is 7.82. The van der Waals surface area contributed by atoms with E-state index in [1.54, 1.807) is 0 Å². The van der Waals surface area contributed by atoms with Crippen molar-refractivity contribution in [2.24, 2.45) is 11.8 Å². The number of hydrogen-bond acceptors (Lipinski definition) is 2. The second kappa shape index (κ2) is 6.81. The molecule has 134 valence electrons. The summed E-state index contributed by atoms with van der Waals surface area (Å²) in [5, 5.41) is 0. The Balaban J connectivity index is 1.38. The minimum atomic E-state index is -0.0720. The minimum absolute atomic E-state index is 0.0585. The number of hydrogen-bond donors (Lipinski definition) is 0. The van der Waals surface area contributed by atoms with E-state index in [4.69, 9.17) is 0 Å². The zero-order valence-corrected chi connectivity index (χ0v) is 15.1. The summed E-state index contributed by atoms with van der Waals surface area (Å²) in [4.78, 5) is 29.8. The first-order valence-corrected chi connectivity index (χ1v) is 9.85. The Kier molecular flexibility index (Phi) is 4.53. The molecule has 4 heteroatoms. The van der Waals surface area contributed by atoms with Gasteiger partial charge in [0.05, 0.1) is 11.8 Å². The molecule has 4 nitrogen and oxygen atoms in total. The molecule has 3 unspecified atom stereocenters. The highest BCUT2D eigenvalue weighted by Crippen LogP contribution is 2.43. The maximum Gasteiger partial charge on any atom is 0.226 e. The number of carbonyl (C=O) groups excluding carboxylic acids is 2. The summed E-state index contributed by atoms with van der Waals surface area (Å²) in [6.07, 6.45) is 6.16. The van der Waals surface area contributed by atoms with Gasteiger partial charge in [0.2, 0.25) is 11.8 Å². The number of carbonyl (C=O) groups is 2. The first-order valence-electron chi connectivity index (χ1n) is 9.85. The Hall–Kier alpha value is -1.84. The molecule has 1 aromatic carbocycles. The average molecular weight is 340 g/mol. The third kappa shape index (κ3) is 3.19. The number of rotatable bonds is 3. The molecule has 1 aliphatic carbocycles. The fourth-order valence-corrected chi connectivity index (χ4v) is 4.59. The lowest BCUT2D eigenvalue weighted by Gasteiger charge is -2.35. The van der Waals surface area contributed by atoms with Gasteiger partial charge in [-0.05, 0) is 49.7 Å². The number of amides is 2. The minimum Gasteiger partial charge on any atom is -0.339 e. The van der Waals surface area contributed by atoms with Crippen molar-refractivity contribution in [3.8, 4) is 0 Å². The van der Waals surface area contributed by atoms with Gasteiger partial charge in [-0.25, -0.2) is 0 Å². The molecule has 2 heterocycles. The third-order valence-corrected chi connectivity index (χ3v) is 6.25. The summed E-state index contributed by atoms with van der Waals surface area (Å²) in [5.74, 6) is 0.300. The summed E-state index contributed by atoms with van der Waals surface area (Å²) in [5.41, 5.74) is 2.61. The first-order chi connectivity index (χ1) is 12.2. The van der Waals surface area contributed by atoms with Gasteiger partial charge in [-0.1, -0.05) is 31.2 Å². The van der Waals surface area contributed by atoms with E-state index in [-0.39, 0.29) is 23.7 Å². The van der Waals surface area contributed by atoms with Gasteiger partial charge >= 0.3 is 0 Å².